The standard InChI is InChI=1S/C26H24FN7O/c1-13(17-7-6-8-30-12-17)26(35)31-25-19-9-18(23(27)14(2)24(19)32-33-25)22-20(10-28)15(3)34(5)16(4)21(22)11-29/h6-9,12-13,22H,1-5H3,(H2,31,32,33,35). The maximum atomic E-state index is 15.7. The lowest BCUT2D eigenvalue weighted by Crippen LogP contribution is -2.26. The number of aromatic amines is 1. The Morgan fingerprint density at radius 3 is 2.46 bits per heavy atom. The minimum Gasteiger partial charge on any atom is -0.350 e. The highest BCUT2D eigenvalue weighted by atomic mass is 19.1. The third-order valence-electron chi connectivity index (χ3n) is 6.80. The molecule has 1 unspecified atom stereocenters. The first-order valence-corrected chi connectivity index (χ1v) is 11.0. The van der Waals surface area contributed by atoms with E-state index in [4.69, 9.17) is 0 Å². The lowest BCUT2D eigenvalue weighted by molar-refractivity contribution is -0.117. The highest BCUT2D eigenvalue weighted by Gasteiger charge is 2.35. The van der Waals surface area contributed by atoms with E-state index < -0.39 is 17.7 Å². The molecule has 1 aromatic carbocycles. The van der Waals surface area contributed by atoms with Crippen molar-refractivity contribution < 1.29 is 9.18 Å². The molecule has 0 bridgehead atoms. The van der Waals surface area contributed by atoms with Crippen LogP contribution < -0.4 is 5.32 Å². The molecule has 0 fully saturated rings. The lowest BCUT2D eigenvalue weighted by atomic mass is 9.80. The molecule has 1 aliphatic rings. The molecule has 0 radical (unpaired) electrons. The molecular weight excluding hydrogens is 445 g/mol. The maximum Gasteiger partial charge on any atom is 0.232 e. The third-order valence-corrected chi connectivity index (χ3v) is 6.80. The number of aromatic nitrogens is 3. The quantitative estimate of drug-likeness (QED) is 0.568. The summed E-state index contributed by atoms with van der Waals surface area (Å²) in [5, 5.41) is 30.2. The molecule has 2 N–H and O–H groups in total. The van der Waals surface area contributed by atoms with E-state index in [1.165, 1.54) is 0 Å². The predicted molar refractivity (Wildman–Crippen MR) is 129 cm³/mol. The van der Waals surface area contributed by atoms with Crippen LogP contribution >= 0.6 is 0 Å². The van der Waals surface area contributed by atoms with E-state index in [0.717, 1.165) is 5.56 Å². The van der Waals surface area contributed by atoms with Crippen molar-refractivity contribution in [1.29, 1.82) is 10.5 Å². The number of hydrogen-bond donors (Lipinski definition) is 2. The highest BCUT2D eigenvalue weighted by molar-refractivity contribution is 6.03. The Kier molecular flexibility index (Phi) is 6.10. The first-order chi connectivity index (χ1) is 16.7. The molecule has 8 nitrogen and oxygen atoms in total. The number of aryl methyl sites for hydroxylation is 1. The first kappa shape index (κ1) is 23.7. The number of halogens is 1. The molecule has 1 atom stereocenters. The van der Waals surface area contributed by atoms with Crippen LogP contribution in [0, 0.1) is 35.4 Å². The van der Waals surface area contributed by atoms with Crippen LogP contribution in [-0.2, 0) is 4.79 Å². The molecular formula is C26H24FN7O. The average molecular weight is 470 g/mol. The number of allylic oxidation sites excluding steroid dienone is 4. The number of rotatable bonds is 4. The molecule has 3 heterocycles. The number of benzene rings is 1. The Balaban J connectivity index is 1.84. The fourth-order valence-electron chi connectivity index (χ4n) is 4.41. The summed E-state index contributed by atoms with van der Waals surface area (Å²) in [4.78, 5) is 18.8. The van der Waals surface area contributed by atoms with Gasteiger partial charge in [-0.05, 0) is 45.4 Å². The van der Waals surface area contributed by atoms with E-state index in [1.807, 2.05) is 6.07 Å². The van der Waals surface area contributed by atoms with Crippen molar-refractivity contribution in [3.63, 3.8) is 0 Å². The second-order valence-corrected chi connectivity index (χ2v) is 8.61. The zero-order valence-electron chi connectivity index (χ0n) is 20.1. The number of nitrogens with zero attached hydrogens (tertiary/aromatic N) is 5. The molecule has 0 spiro atoms. The van der Waals surface area contributed by atoms with Gasteiger partial charge >= 0.3 is 0 Å². The zero-order chi connectivity index (χ0) is 25.4. The van der Waals surface area contributed by atoms with Crippen molar-refractivity contribution in [3.05, 3.63) is 75.6 Å². The summed E-state index contributed by atoms with van der Waals surface area (Å²) in [7, 11) is 1.77. The van der Waals surface area contributed by atoms with Crippen molar-refractivity contribution in [2.75, 3.05) is 12.4 Å². The summed E-state index contributed by atoms with van der Waals surface area (Å²) in [6.07, 6.45) is 3.26. The van der Waals surface area contributed by atoms with Gasteiger partial charge in [-0.15, -0.1) is 0 Å². The number of nitriles is 2. The summed E-state index contributed by atoms with van der Waals surface area (Å²) in [6, 6.07) is 9.48. The van der Waals surface area contributed by atoms with Crippen LogP contribution in [-0.4, -0.2) is 33.0 Å². The van der Waals surface area contributed by atoms with Gasteiger partial charge in [0.15, 0.2) is 5.82 Å². The van der Waals surface area contributed by atoms with Crippen LogP contribution in [0.15, 0.2) is 53.1 Å². The average Bonchev–Trinajstić information content (AvgIpc) is 3.27. The van der Waals surface area contributed by atoms with Crippen LogP contribution in [0.25, 0.3) is 10.9 Å². The number of H-pyrrole nitrogens is 1. The fraction of sp³-hybridized carbons (Fsp3) is 0.269. The van der Waals surface area contributed by atoms with Gasteiger partial charge in [0, 0.05) is 47.3 Å². The molecule has 35 heavy (non-hydrogen) atoms. The molecule has 9 heteroatoms. The highest BCUT2D eigenvalue weighted by Crippen LogP contribution is 2.43. The summed E-state index contributed by atoms with van der Waals surface area (Å²) in [6.45, 7) is 6.91. The second kappa shape index (κ2) is 9.03. The Morgan fingerprint density at radius 2 is 1.89 bits per heavy atom. The normalized spacial score (nSPS) is 15.3. The molecule has 0 saturated carbocycles. The van der Waals surface area contributed by atoms with Crippen molar-refractivity contribution in [2.45, 2.75) is 39.5 Å². The van der Waals surface area contributed by atoms with Gasteiger partial charge in [0.05, 0.1) is 40.6 Å². The Labute approximate surface area is 202 Å². The first-order valence-electron chi connectivity index (χ1n) is 11.0. The van der Waals surface area contributed by atoms with Gasteiger partial charge in [0.1, 0.15) is 5.82 Å². The monoisotopic (exact) mass is 469 g/mol. The Morgan fingerprint density at radius 1 is 1.23 bits per heavy atom. The van der Waals surface area contributed by atoms with E-state index >= 15 is 4.39 Å². The fourth-order valence-corrected chi connectivity index (χ4v) is 4.41. The van der Waals surface area contributed by atoms with Crippen molar-refractivity contribution in [1.82, 2.24) is 20.1 Å². The molecule has 1 amide bonds. The van der Waals surface area contributed by atoms with Gasteiger partial charge in [-0.2, -0.15) is 15.6 Å². The number of amides is 1. The Bertz CT molecular complexity index is 1450. The van der Waals surface area contributed by atoms with Gasteiger partial charge in [0.25, 0.3) is 0 Å². The van der Waals surface area contributed by atoms with E-state index in [1.54, 1.807) is 64.2 Å². The predicted octanol–water partition coefficient (Wildman–Crippen LogP) is 4.77. The summed E-state index contributed by atoms with van der Waals surface area (Å²) in [5.41, 5.74) is 3.55. The van der Waals surface area contributed by atoms with Crippen molar-refractivity contribution >= 4 is 22.6 Å². The maximum absolute atomic E-state index is 15.7. The number of fused-ring (bicyclic) bond motifs is 1. The van der Waals surface area contributed by atoms with Gasteiger partial charge < -0.3 is 10.2 Å². The molecule has 0 aliphatic carbocycles. The molecule has 2 aromatic heterocycles. The number of hydrogen-bond acceptors (Lipinski definition) is 6. The molecule has 4 rings (SSSR count). The van der Waals surface area contributed by atoms with Crippen LogP contribution in [0.4, 0.5) is 10.2 Å². The minimum absolute atomic E-state index is 0.187. The van der Waals surface area contributed by atoms with Crippen molar-refractivity contribution in [2.24, 2.45) is 0 Å². The second-order valence-electron chi connectivity index (χ2n) is 8.61. The van der Waals surface area contributed by atoms with Crippen LogP contribution in [0.2, 0.25) is 0 Å². The molecule has 0 saturated heterocycles. The van der Waals surface area contributed by atoms with E-state index in [0.29, 0.717) is 33.4 Å². The molecule has 1 aliphatic heterocycles. The van der Waals surface area contributed by atoms with Crippen molar-refractivity contribution in [3.8, 4) is 12.1 Å². The number of pyridine rings is 1. The largest absolute Gasteiger partial charge is 0.350 e. The minimum atomic E-state index is -0.864. The van der Waals surface area contributed by atoms with E-state index in [2.05, 4.69) is 32.6 Å². The summed E-state index contributed by atoms with van der Waals surface area (Å²) in [5.74, 6) is -1.93. The smallest absolute Gasteiger partial charge is 0.232 e. The topological polar surface area (TPSA) is 121 Å². The number of carbonyl (C=O) groups excluding carboxylic acids is 1. The lowest BCUT2D eigenvalue weighted by Gasteiger charge is -2.33. The number of nitrogens with one attached hydrogen (secondary N) is 2. The summed E-state index contributed by atoms with van der Waals surface area (Å²) < 4.78 is 15.7. The van der Waals surface area contributed by atoms with Gasteiger partial charge in [0.2, 0.25) is 5.91 Å². The SMILES string of the molecule is CC1=C(C#N)C(c2cc3c(NC(=O)C(C)c4cccnc4)n[nH]c3c(C)c2F)C(C#N)=C(C)N1C. The van der Waals surface area contributed by atoms with Gasteiger partial charge in [-0.25, -0.2) is 4.39 Å². The van der Waals surface area contributed by atoms with Gasteiger partial charge in [-0.3, -0.25) is 14.9 Å². The Hall–Kier alpha value is -4.50. The number of anilines is 1. The molecule has 3 aromatic rings. The summed E-state index contributed by atoms with van der Waals surface area (Å²) >= 11 is 0. The van der Waals surface area contributed by atoms with E-state index in [-0.39, 0.29) is 22.9 Å². The van der Waals surface area contributed by atoms with Crippen LogP contribution in [0.3, 0.4) is 0 Å². The number of carbonyl (C=O) groups is 1. The zero-order valence-corrected chi connectivity index (χ0v) is 20.1. The van der Waals surface area contributed by atoms with Gasteiger partial charge in [-0.1, -0.05) is 6.07 Å². The van der Waals surface area contributed by atoms with E-state index in [9.17, 15) is 15.3 Å². The molecule has 176 valence electrons. The third kappa shape index (κ3) is 3.81. The van der Waals surface area contributed by atoms with Crippen LogP contribution in [0.1, 0.15) is 49.3 Å². The van der Waals surface area contributed by atoms with Crippen LogP contribution in [0.5, 0.6) is 0 Å².